The van der Waals surface area contributed by atoms with Crippen LogP contribution in [0.2, 0.25) is 0 Å². The molecule has 0 saturated carbocycles. The van der Waals surface area contributed by atoms with Gasteiger partial charge in [0.25, 0.3) is 5.91 Å². The highest BCUT2D eigenvalue weighted by molar-refractivity contribution is 7.09. The molecular formula is C27H28N2O5S. The molecule has 2 aromatic carbocycles. The Hall–Kier alpha value is -3.33. The first-order valence-corrected chi connectivity index (χ1v) is 12.4. The van der Waals surface area contributed by atoms with Gasteiger partial charge in [0.05, 0.1) is 19.8 Å². The first kappa shape index (κ1) is 23.4. The van der Waals surface area contributed by atoms with E-state index in [1.807, 2.05) is 18.2 Å². The maximum absolute atomic E-state index is 12.8. The summed E-state index contributed by atoms with van der Waals surface area (Å²) in [6, 6.07) is 16.7. The zero-order valence-electron chi connectivity index (χ0n) is 19.7. The van der Waals surface area contributed by atoms with Gasteiger partial charge in [0.15, 0.2) is 17.3 Å². The molecule has 182 valence electrons. The third-order valence-corrected chi connectivity index (χ3v) is 7.42. The minimum Gasteiger partial charge on any atom is -0.493 e. The smallest absolute Gasteiger partial charge is 0.291 e. The highest BCUT2D eigenvalue weighted by Gasteiger charge is 2.34. The van der Waals surface area contributed by atoms with Crippen LogP contribution in [0.4, 0.5) is 5.69 Å². The van der Waals surface area contributed by atoms with Crippen LogP contribution in [0.1, 0.15) is 33.8 Å². The molecular weight excluding hydrogens is 464 g/mol. The summed E-state index contributed by atoms with van der Waals surface area (Å²) < 4.78 is 16.3. The van der Waals surface area contributed by atoms with E-state index < -0.39 is 5.60 Å². The molecule has 4 aromatic rings. The molecule has 1 fully saturated rings. The van der Waals surface area contributed by atoms with Crippen molar-refractivity contribution in [2.24, 2.45) is 0 Å². The normalized spacial score (nSPS) is 15.7. The Kier molecular flexibility index (Phi) is 6.51. The van der Waals surface area contributed by atoms with Crippen molar-refractivity contribution in [3.8, 4) is 11.5 Å². The van der Waals surface area contributed by atoms with Gasteiger partial charge in [-0.15, -0.1) is 11.3 Å². The number of thiophene rings is 1. The number of piperidine rings is 1. The van der Waals surface area contributed by atoms with E-state index in [0.717, 1.165) is 30.6 Å². The Balaban J connectivity index is 1.29. The van der Waals surface area contributed by atoms with Crippen LogP contribution < -0.4 is 14.8 Å². The van der Waals surface area contributed by atoms with Crippen LogP contribution in [-0.4, -0.2) is 43.2 Å². The lowest BCUT2D eigenvalue weighted by Gasteiger charge is -2.38. The first-order valence-electron chi connectivity index (χ1n) is 11.5. The van der Waals surface area contributed by atoms with Gasteiger partial charge in [0, 0.05) is 41.7 Å². The third-order valence-electron chi connectivity index (χ3n) is 6.56. The van der Waals surface area contributed by atoms with Gasteiger partial charge in [0.1, 0.15) is 5.58 Å². The van der Waals surface area contributed by atoms with Crippen LogP contribution in [0.25, 0.3) is 11.0 Å². The number of hydrogen-bond acceptors (Lipinski definition) is 7. The minimum absolute atomic E-state index is 0.199. The van der Waals surface area contributed by atoms with Crippen molar-refractivity contribution >= 4 is 33.9 Å². The summed E-state index contributed by atoms with van der Waals surface area (Å²) in [6.45, 7) is 2.58. The fourth-order valence-electron chi connectivity index (χ4n) is 4.54. The molecule has 0 atom stereocenters. The number of carbonyl (C=O) groups is 1. The third kappa shape index (κ3) is 4.91. The lowest BCUT2D eigenvalue weighted by atomic mass is 9.84. The molecule has 0 radical (unpaired) electrons. The Morgan fingerprint density at radius 3 is 2.60 bits per heavy atom. The number of rotatable bonds is 7. The molecule has 2 N–H and O–H groups in total. The van der Waals surface area contributed by atoms with Gasteiger partial charge in [-0.25, -0.2) is 0 Å². The number of fused-ring (bicyclic) bond motifs is 1. The van der Waals surface area contributed by atoms with E-state index in [1.165, 1.54) is 4.88 Å². The molecule has 1 aliphatic rings. The number of aliphatic hydroxyl groups is 1. The Labute approximate surface area is 207 Å². The topological polar surface area (TPSA) is 84.2 Å². The fourth-order valence-corrected chi connectivity index (χ4v) is 5.29. The number of benzene rings is 2. The summed E-state index contributed by atoms with van der Waals surface area (Å²) in [7, 11) is 3.10. The van der Waals surface area contributed by atoms with Gasteiger partial charge in [0.2, 0.25) is 0 Å². The number of amides is 1. The van der Waals surface area contributed by atoms with Crippen molar-refractivity contribution < 1.29 is 23.8 Å². The van der Waals surface area contributed by atoms with Crippen molar-refractivity contribution in [1.82, 2.24) is 4.90 Å². The lowest BCUT2D eigenvalue weighted by molar-refractivity contribution is -0.0274. The average molecular weight is 493 g/mol. The monoisotopic (exact) mass is 492 g/mol. The number of anilines is 1. The van der Waals surface area contributed by atoms with Gasteiger partial charge in [-0.3, -0.25) is 9.69 Å². The number of likely N-dealkylation sites (tertiary alicyclic amines) is 1. The Morgan fingerprint density at radius 1 is 1.09 bits per heavy atom. The van der Waals surface area contributed by atoms with E-state index in [-0.39, 0.29) is 11.7 Å². The van der Waals surface area contributed by atoms with Crippen LogP contribution in [0, 0.1) is 0 Å². The second-order valence-corrected chi connectivity index (χ2v) is 9.81. The quantitative estimate of drug-likeness (QED) is 0.367. The molecule has 0 bridgehead atoms. The van der Waals surface area contributed by atoms with Gasteiger partial charge < -0.3 is 24.3 Å². The predicted molar refractivity (Wildman–Crippen MR) is 136 cm³/mol. The molecule has 0 spiro atoms. The second kappa shape index (κ2) is 9.73. The van der Waals surface area contributed by atoms with Crippen molar-refractivity contribution in [3.05, 3.63) is 76.2 Å². The highest BCUT2D eigenvalue weighted by Crippen LogP contribution is 2.36. The molecule has 1 aliphatic heterocycles. The molecule has 2 aromatic heterocycles. The van der Waals surface area contributed by atoms with E-state index in [0.29, 0.717) is 35.6 Å². The number of nitrogens with zero attached hydrogens (tertiary/aromatic N) is 1. The van der Waals surface area contributed by atoms with E-state index in [4.69, 9.17) is 13.9 Å². The van der Waals surface area contributed by atoms with Crippen LogP contribution in [0.15, 0.2) is 64.4 Å². The zero-order valence-corrected chi connectivity index (χ0v) is 20.6. The lowest BCUT2D eigenvalue weighted by Crippen LogP contribution is -2.42. The van der Waals surface area contributed by atoms with Gasteiger partial charge in [-0.2, -0.15) is 0 Å². The summed E-state index contributed by atoms with van der Waals surface area (Å²) >= 11 is 1.76. The molecule has 35 heavy (non-hydrogen) atoms. The van der Waals surface area contributed by atoms with Gasteiger partial charge in [-0.05, 0) is 60.2 Å². The Morgan fingerprint density at radius 2 is 1.89 bits per heavy atom. The largest absolute Gasteiger partial charge is 0.493 e. The van der Waals surface area contributed by atoms with Crippen LogP contribution in [0.3, 0.4) is 0 Å². The molecule has 8 heteroatoms. The first-order chi connectivity index (χ1) is 17.0. The maximum Gasteiger partial charge on any atom is 0.291 e. The van der Waals surface area contributed by atoms with Crippen molar-refractivity contribution in [2.45, 2.75) is 25.0 Å². The molecule has 5 rings (SSSR count). The average Bonchev–Trinajstić information content (AvgIpc) is 3.55. The number of carbonyl (C=O) groups excluding carboxylic acids is 1. The SMILES string of the molecule is COc1ccc(NC(=O)c2cc3cc(C4(O)CCN(Cc5cccs5)CC4)ccc3o2)cc1OC. The maximum atomic E-state index is 12.8. The standard InChI is InChI=1S/C27H28N2O5S/c1-32-23-8-6-20(16-24(23)33-2)28-26(30)25-15-18-14-19(5-7-22(18)34-25)27(31)9-11-29(12-10-27)17-21-4-3-13-35-21/h3-8,13-16,31H,9-12,17H2,1-2H3,(H,28,30). The molecule has 1 saturated heterocycles. The van der Waals surface area contributed by atoms with Gasteiger partial charge in [-0.1, -0.05) is 12.1 Å². The second-order valence-electron chi connectivity index (χ2n) is 8.77. The summed E-state index contributed by atoms with van der Waals surface area (Å²) in [5, 5.41) is 17.1. The van der Waals surface area contributed by atoms with Gasteiger partial charge >= 0.3 is 0 Å². The molecule has 0 aliphatic carbocycles. The van der Waals surface area contributed by atoms with Crippen molar-refractivity contribution in [2.75, 3.05) is 32.6 Å². The number of hydrogen-bond donors (Lipinski definition) is 2. The van der Waals surface area contributed by atoms with E-state index in [2.05, 4.69) is 27.7 Å². The summed E-state index contributed by atoms with van der Waals surface area (Å²) in [5.74, 6) is 0.937. The van der Waals surface area contributed by atoms with Crippen LogP contribution in [0.5, 0.6) is 11.5 Å². The number of methoxy groups -OCH3 is 2. The number of ether oxygens (including phenoxy) is 2. The summed E-state index contributed by atoms with van der Waals surface area (Å²) in [4.78, 5) is 16.5. The van der Waals surface area contributed by atoms with E-state index in [1.54, 1.807) is 49.8 Å². The summed E-state index contributed by atoms with van der Waals surface area (Å²) in [6.07, 6.45) is 1.32. The minimum atomic E-state index is -0.889. The van der Waals surface area contributed by atoms with E-state index in [9.17, 15) is 9.90 Å². The summed E-state index contributed by atoms with van der Waals surface area (Å²) in [5.41, 5.74) is 1.13. The van der Waals surface area contributed by atoms with Crippen LogP contribution in [-0.2, 0) is 12.1 Å². The van der Waals surface area contributed by atoms with E-state index >= 15 is 0 Å². The molecule has 0 unspecified atom stereocenters. The molecule has 7 nitrogen and oxygen atoms in total. The zero-order chi connectivity index (χ0) is 24.4. The number of nitrogens with one attached hydrogen (secondary N) is 1. The Bertz CT molecular complexity index is 1320. The fraction of sp³-hybridized carbons (Fsp3) is 0.296. The predicted octanol–water partition coefficient (Wildman–Crippen LogP) is 5.25. The van der Waals surface area contributed by atoms with Crippen LogP contribution >= 0.6 is 11.3 Å². The highest BCUT2D eigenvalue weighted by atomic mass is 32.1. The molecule has 3 heterocycles. The van der Waals surface area contributed by atoms with Crippen molar-refractivity contribution in [1.29, 1.82) is 0 Å². The van der Waals surface area contributed by atoms with Crippen molar-refractivity contribution in [3.63, 3.8) is 0 Å². The molecule has 1 amide bonds. The number of furan rings is 1.